The predicted molar refractivity (Wildman–Crippen MR) is 111 cm³/mol. The number of ether oxygens (including phenoxy) is 2. The molecule has 0 saturated heterocycles. The number of nitrogens with two attached hydrogens (primary N) is 1. The average Bonchev–Trinajstić information content (AvgIpc) is 3.40. The number of rotatable bonds is 5. The highest BCUT2D eigenvalue weighted by atomic mass is 16.7. The van der Waals surface area contributed by atoms with Crippen LogP contribution in [0.3, 0.4) is 0 Å². The minimum Gasteiger partial charge on any atom is -0.454 e. The number of ketones is 1. The highest BCUT2D eigenvalue weighted by Crippen LogP contribution is 2.51. The molecule has 144 valence electrons. The van der Waals surface area contributed by atoms with Gasteiger partial charge in [0.25, 0.3) is 0 Å². The second-order valence-corrected chi connectivity index (χ2v) is 7.35. The van der Waals surface area contributed by atoms with Gasteiger partial charge in [0.1, 0.15) is 5.78 Å². The summed E-state index contributed by atoms with van der Waals surface area (Å²) in [6.07, 6.45) is 2.02. The number of anilines is 1. The Hall–Kier alpha value is -3.34. The number of para-hydroxylation sites is 1. The van der Waals surface area contributed by atoms with Gasteiger partial charge in [-0.15, -0.1) is 0 Å². The number of benzene rings is 2. The van der Waals surface area contributed by atoms with Gasteiger partial charge in [0.05, 0.1) is 11.1 Å². The lowest BCUT2D eigenvalue weighted by atomic mass is 9.88. The summed E-state index contributed by atoms with van der Waals surface area (Å²) >= 11 is 0. The Morgan fingerprint density at radius 3 is 2.68 bits per heavy atom. The normalized spacial score (nSPS) is 16.0. The first-order chi connectivity index (χ1) is 13.7. The van der Waals surface area contributed by atoms with Crippen molar-refractivity contribution < 1.29 is 17.1 Å². The Kier molecular flexibility index (Phi) is 3.83. The van der Waals surface area contributed by atoms with Crippen LogP contribution in [0, 0.1) is 0 Å². The van der Waals surface area contributed by atoms with Crippen molar-refractivity contribution in [2.75, 3.05) is 12.5 Å². The van der Waals surface area contributed by atoms with Crippen LogP contribution in [0.25, 0.3) is 11.3 Å². The fourth-order valence-corrected chi connectivity index (χ4v) is 3.84. The van der Waals surface area contributed by atoms with E-state index in [0.29, 0.717) is 12.1 Å². The van der Waals surface area contributed by atoms with Crippen molar-refractivity contribution in [3.63, 3.8) is 0 Å². The van der Waals surface area contributed by atoms with Crippen LogP contribution in [0.2, 0.25) is 0 Å². The van der Waals surface area contributed by atoms with Crippen molar-refractivity contribution in [2.45, 2.75) is 24.7 Å². The molecule has 1 aliphatic carbocycles. The van der Waals surface area contributed by atoms with Crippen LogP contribution >= 0.6 is 0 Å². The van der Waals surface area contributed by atoms with Crippen LogP contribution in [-0.2, 0) is 16.6 Å². The molecule has 1 aliphatic heterocycles. The van der Waals surface area contributed by atoms with Gasteiger partial charge in [0, 0.05) is 26.2 Å². The summed E-state index contributed by atoms with van der Waals surface area (Å²) in [4.78, 5) is 17.9. The summed E-state index contributed by atoms with van der Waals surface area (Å²) in [6.45, 7) is 0.235. The van der Waals surface area contributed by atoms with Gasteiger partial charge in [-0.3, -0.25) is 9.78 Å². The summed E-state index contributed by atoms with van der Waals surface area (Å²) in [5.74, 6) is 1.65. The molecule has 5 rings (SSSR count). The molecule has 1 saturated carbocycles. The molecule has 0 amide bonds. The molecule has 0 radical (unpaired) electrons. The van der Waals surface area contributed by atoms with Crippen molar-refractivity contribution in [3.8, 4) is 22.8 Å². The molecule has 2 aliphatic rings. The van der Waals surface area contributed by atoms with E-state index in [0.717, 1.165) is 46.9 Å². The zero-order chi connectivity index (χ0) is 19.1. The van der Waals surface area contributed by atoms with E-state index < -0.39 is 5.41 Å². The molecule has 1 fully saturated rings. The van der Waals surface area contributed by atoms with Gasteiger partial charge in [-0.05, 0) is 48.7 Å². The van der Waals surface area contributed by atoms with Gasteiger partial charge in [-0.2, -0.15) is 0 Å². The summed E-state index contributed by atoms with van der Waals surface area (Å²) in [5, 5.41) is 0. The third-order valence-electron chi connectivity index (χ3n) is 5.59. The molecule has 0 spiro atoms. The van der Waals surface area contributed by atoms with Crippen LogP contribution < -0.4 is 15.2 Å². The fourth-order valence-electron chi connectivity index (χ4n) is 3.84. The zero-order valence-electron chi connectivity index (χ0n) is 15.4. The summed E-state index contributed by atoms with van der Waals surface area (Å²) < 4.78 is 10.9. The van der Waals surface area contributed by atoms with E-state index in [1.165, 1.54) is 0 Å². The minimum atomic E-state index is -0.426. The van der Waals surface area contributed by atoms with Crippen molar-refractivity contribution in [3.05, 3.63) is 71.9 Å². The molecule has 0 atom stereocenters. The third kappa shape index (κ3) is 2.80. The van der Waals surface area contributed by atoms with Gasteiger partial charge in [0.15, 0.2) is 11.5 Å². The smallest absolute Gasteiger partial charge is 0.231 e. The number of aromatic nitrogens is 1. The van der Waals surface area contributed by atoms with E-state index in [2.05, 4.69) is 0 Å². The third-order valence-corrected chi connectivity index (χ3v) is 5.59. The summed E-state index contributed by atoms with van der Waals surface area (Å²) in [5.41, 5.74) is 9.76. The topological polar surface area (TPSA) is 74.4 Å². The predicted octanol–water partition coefficient (Wildman–Crippen LogP) is 4.39. The van der Waals surface area contributed by atoms with Crippen LogP contribution in [0.15, 0.2) is 60.7 Å². The van der Waals surface area contributed by atoms with E-state index in [-0.39, 0.29) is 15.4 Å². The summed E-state index contributed by atoms with van der Waals surface area (Å²) in [7, 11) is 0. The molecule has 2 N–H and O–H groups in total. The number of pyridine rings is 1. The molecule has 1 aromatic heterocycles. The first-order valence-electron chi connectivity index (χ1n) is 9.40. The van der Waals surface area contributed by atoms with E-state index >= 15 is 0 Å². The molecular weight excluding hydrogens is 352 g/mol. The number of hydrogen-bond acceptors (Lipinski definition) is 5. The molecule has 3 aromatic rings. The highest BCUT2D eigenvalue weighted by molar-refractivity contribution is 5.94. The van der Waals surface area contributed by atoms with Crippen LogP contribution in [0.5, 0.6) is 11.5 Å². The lowest BCUT2D eigenvalue weighted by Crippen LogP contribution is -2.23. The van der Waals surface area contributed by atoms with E-state index in [9.17, 15) is 4.79 Å². The molecule has 5 heteroatoms. The first-order valence-corrected chi connectivity index (χ1v) is 9.40. The van der Waals surface area contributed by atoms with Crippen LogP contribution in [-0.4, -0.2) is 17.6 Å². The average molecular weight is 376 g/mol. The second-order valence-electron chi connectivity index (χ2n) is 7.35. The molecule has 2 aromatic carbocycles. The zero-order valence-corrected chi connectivity index (χ0v) is 15.4. The maximum Gasteiger partial charge on any atom is 0.231 e. The van der Waals surface area contributed by atoms with Crippen molar-refractivity contribution in [1.29, 1.82) is 0 Å². The van der Waals surface area contributed by atoms with Gasteiger partial charge in [-0.25, -0.2) is 0 Å². The number of carbonyl (C=O) groups excluding carboxylic acids is 1. The number of fused-ring (bicyclic) bond motifs is 1. The van der Waals surface area contributed by atoms with E-state index in [4.69, 9.17) is 20.2 Å². The monoisotopic (exact) mass is 376 g/mol. The fraction of sp³-hybridized carbons (Fsp3) is 0.217. The van der Waals surface area contributed by atoms with Crippen molar-refractivity contribution in [2.24, 2.45) is 0 Å². The molecule has 0 unspecified atom stereocenters. The Bertz CT molecular complexity index is 1080. The van der Waals surface area contributed by atoms with Gasteiger partial charge >= 0.3 is 0 Å². The maximum atomic E-state index is 13.2. The van der Waals surface area contributed by atoms with E-state index in [1.807, 2.05) is 60.7 Å². The SMILES string of the molecule is Nc1ccccc1-c1cccc(CC(=O)C2(c3ccc4c(c3)OCO4)CC2)n1.[HH].[HH]. The Morgan fingerprint density at radius 1 is 1.04 bits per heavy atom. The van der Waals surface area contributed by atoms with E-state index in [1.54, 1.807) is 0 Å². The Morgan fingerprint density at radius 2 is 1.86 bits per heavy atom. The molecule has 28 heavy (non-hydrogen) atoms. The van der Waals surface area contributed by atoms with Crippen molar-refractivity contribution in [1.82, 2.24) is 4.98 Å². The number of Topliss-reactive ketones (excluding diaryl/α,β-unsaturated/α-hetero) is 1. The quantitative estimate of drug-likeness (QED) is 0.668. The molecule has 5 nitrogen and oxygen atoms in total. The van der Waals surface area contributed by atoms with Crippen LogP contribution in [0.4, 0.5) is 5.69 Å². The lowest BCUT2D eigenvalue weighted by Gasteiger charge is -2.15. The molecular formula is C23H24N2O3. The molecule has 2 heterocycles. The molecule has 0 bridgehead atoms. The first kappa shape index (κ1) is 16.8. The number of nitrogens with zero attached hydrogens (tertiary/aromatic N) is 1. The van der Waals surface area contributed by atoms with Crippen LogP contribution in [0.1, 0.15) is 27.0 Å². The van der Waals surface area contributed by atoms with Gasteiger partial charge < -0.3 is 15.2 Å². The number of nitrogen functional groups attached to an aromatic ring is 1. The minimum absolute atomic E-state index is 0. The van der Waals surface area contributed by atoms with Gasteiger partial charge in [-0.1, -0.05) is 30.3 Å². The maximum absolute atomic E-state index is 13.2. The summed E-state index contributed by atoms with van der Waals surface area (Å²) in [6, 6.07) is 19.2. The number of carbonyl (C=O) groups is 1. The Labute approximate surface area is 166 Å². The number of hydrogen-bond donors (Lipinski definition) is 1. The standard InChI is InChI=1S/C23H20N2O3.2H2/c24-18-6-2-1-5-17(18)19-7-3-4-16(25-19)13-22(26)23(10-11-23)15-8-9-20-21(12-15)28-14-27-20;;/h1-9,12H,10-11,13-14,24H2;2*1H. The Balaban J connectivity index is 0.00000128. The largest absolute Gasteiger partial charge is 0.454 e. The lowest BCUT2D eigenvalue weighted by molar-refractivity contribution is -0.120. The van der Waals surface area contributed by atoms with Gasteiger partial charge in [0.2, 0.25) is 6.79 Å². The van der Waals surface area contributed by atoms with Crippen molar-refractivity contribution >= 4 is 11.5 Å². The highest BCUT2D eigenvalue weighted by Gasteiger charge is 2.50. The second kappa shape index (κ2) is 6.37.